The second kappa shape index (κ2) is 10.1. The zero-order valence-electron chi connectivity index (χ0n) is 18.3. The van der Waals surface area contributed by atoms with Gasteiger partial charge in [0.25, 0.3) is 5.56 Å². The number of rotatable bonds is 8. The number of ketones is 1. The number of carbonyl (C=O) groups is 1. The number of hydrogen-bond donors (Lipinski definition) is 0. The highest BCUT2D eigenvalue weighted by Crippen LogP contribution is 2.21. The molecule has 0 fully saturated rings. The lowest BCUT2D eigenvalue weighted by Gasteiger charge is -2.22. The number of halogens is 1. The van der Waals surface area contributed by atoms with Crippen molar-refractivity contribution in [1.82, 2.24) is 9.78 Å². The fraction of sp³-hybridized carbons (Fsp3) is 0.320. The molecule has 1 unspecified atom stereocenters. The van der Waals surface area contributed by atoms with Gasteiger partial charge in [0.05, 0.1) is 12.8 Å². The number of ether oxygens (including phenoxy) is 1. The smallest absolute Gasteiger partial charge is 0.270 e. The second-order valence-corrected chi connectivity index (χ2v) is 8.96. The fourth-order valence-corrected chi connectivity index (χ4v) is 3.99. The summed E-state index contributed by atoms with van der Waals surface area (Å²) < 4.78 is 7.64. The zero-order valence-corrected chi connectivity index (χ0v) is 19.8. The minimum absolute atomic E-state index is 0.0233. The van der Waals surface area contributed by atoms with Crippen molar-refractivity contribution in [1.29, 1.82) is 0 Å². The van der Waals surface area contributed by atoms with E-state index in [9.17, 15) is 9.59 Å². The lowest BCUT2D eigenvalue weighted by atomic mass is 9.95. The molecule has 0 aliphatic heterocycles. The van der Waals surface area contributed by atoms with Gasteiger partial charge in [0, 0.05) is 22.9 Å². The molecule has 1 atom stereocenters. The maximum Gasteiger partial charge on any atom is 0.270 e. The SMILES string of the molecule is COc1cccc(Cc2cc(C)nn(C(C(=O)Cc3ccc(Br)cc3)C(C)C)c2=O)c1. The predicted molar refractivity (Wildman–Crippen MR) is 126 cm³/mol. The molecule has 0 saturated heterocycles. The standard InChI is InChI=1S/C25H27BrN2O3/c1-16(2)24(23(29)15-18-8-10-21(26)11-9-18)28-25(30)20(12-17(3)27-28)13-19-6-5-7-22(14-19)31-4/h5-12,14,16,24H,13,15H2,1-4H3. The van der Waals surface area contributed by atoms with Gasteiger partial charge in [0.15, 0.2) is 5.78 Å². The summed E-state index contributed by atoms with van der Waals surface area (Å²) in [5, 5.41) is 4.46. The van der Waals surface area contributed by atoms with Gasteiger partial charge in [-0.05, 0) is 54.3 Å². The number of aromatic nitrogens is 2. The molecule has 0 spiro atoms. The summed E-state index contributed by atoms with van der Waals surface area (Å²) in [4.78, 5) is 26.6. The van der Waals surface area contributed by atoms with E-state index in [-0.39, 0.29) is 23.7 Å². The van der Waals surface area contributed by atoms with Gasteiger partial charge in [-0.15, -0.1) is 0 Å². The molecule has 2 aromatic carbocycles. The highest BCUT2D eigenvalue weighted by molar-refractivity contribution is 9.10. The Morgan fingerprint density at radius 3 is 2.45 bits per heavy atom. The molecule has 5 nitrogen and oxygen atoms in total. The molecule has 0 N–H and O–H groups in total. The third-order valence-electron chi connectivity index (χ3n) is 5.18. The van der Waals surface area contributed by atoms with Gasteiger partial charge >= 0.3 is 0 Å². The highest BCUT2D eigenvalue weighted by atomic mass is 79.9. The molecule has 6 heteroatoms. The Hall–Kier alpha value is -2.73. The third kappa shape index (κ3) is 5.70. The molecule has 0 amide bonds. The Morgan fingerprint density at radius 1 is 1.10 bits per heavy atom. The average Bonchev–Trinajstić information content (AvgIpc) is 2.73. The number of benzene rings is 2. The van der Waals surface area contributed by atoms with Crippen molar-refractivity contribution in [3.63, 3.8) is 0 Å². The predicted octanol–water partition coefficient (Wildman–Crippen LogP) is 4.92. The first-order valence-electron chi connectivity index (χ1n) is 10.3. The van der Waals surface area contributed by atoms with Crippen LogP contribution in [0, 0.1) is 12.8 Å². The average molecular weight is 483 g/mol. The zero-order chi connectivity index (χ0) is 22.5. The first-order chi connectivity index (χ1) is 14.8. The number of carbonyl (C=O) groups excluding carboxylic acids is 1. The van der Waals surface area contributed by atoms with E-state index in [1.54, 1.807) is 13.2 Å². The van der Waals surface area contributed by atoms with Crippen LogP contribution in [-0.4, -0.2) is 22.7 Å². The van der Waals surface area contributed by atoms with Crippen LogP contribution in [0.2, 0.25) is 0 Å². The van der Waals surface area contributed by atoms with Gasteiger partial charge in [0.1, 0.15) is 11.8 Å². The molecule has 31 heavy (non-hydrogen) atoms. The van der Waals surface area contributed by atoms with Gasteiger partial charge in [-0.25, -0.2) is 4.68 Å². The first kappa shape index (κ1) is 22.9. The number of hydrogen-bond acceptors (Lipinski definition) is 4. The molecule has 3 aromatic rings. The summed E-state index contributed by atoms with van der Waals surface area (Å²) in [5.74, 6) is 0.651. The molecule has 1 heterocycles. The second-order valence-electron chi connectivity index (χ2n) is 8.05. The van der Waals surface area contributed by atoms with Gasteiger partial charge in [-0.2, -0.15) is 5.10 Å². The van der Waals surface area contributed by atoms with Gasteiger partial charge < -0.3 is 4.74 Å². The van der Waals surface area contributed by atoms with Crippen LogP contribution < -0.4 is 10.3 Å². The summed E-state index contributed by atoms with van der Waals surface area (Å²) in [5.41, 5.74) is 2.98. The molecule has 0 radical (unpaired) electrons. The minimum Gasteiger partial charge on any atom is -0.497 e. The van der Waals surface area contributed by atoms with Crippen LogP contribution in [0.15, 0.2) is 63.9 Å². The van der Waals surface area contributed by atoms with E-state index in [1.807, 2.05) is 69.3 Å². The Balaban J connectivity index is 1.95. The highest BCUT2D eigenvalue weighted by Gasteiger charge is 2.27. The van der Waals surface area contributed by atoms with Crippen LogP contribution in [0.1, 0.15) is 42.3 Å². The van der Waals surface area contributed by atoms with Crippen LogP contribution in [0.4, 0.5) is 0 Å². The minimum atomic E-state index is -0.625. The topological polar surface area (TPSA) is 61.2 Å². The summed E-state index contributed by atoms with van der Waals surface area (Å²) in [6.07, 6.45) is 0.703. The number of Topliss-reactive ketones (excluding diaryl/α,β-unsaturated/α-hetero) is 1. The van der Waals surface area contributed by atoms with E-state index in [1.165, 1.54) is 4.68 Å². The van der Waals surface area contributed by atoms with Crippen LogP contribution in [0.5, 0.6) is 5.75 Å². The van der Waals surface area contributed by atoms with E-state index >= 15 is 0 Å². The van der Waals surface area contributed by atoms with Gasteiger partial charge in [-0.3, -0.25) is 9.59 Å². The summed E-state index contributed by atoms with van der Waals surface area (Å²) >= 11 is 3.41. The van der Waals surface area contributed by atoms with E-state index in [0.29, 0.717) is 17.7 Å². The van der Waals surface area contributed by atoms with E-state index in [0.717, 1.165) is 21.3 Å². The van der Waals surface area contributed by atoms with Crippen molar-refractivity contribution in [3.8, 4) is 5.75 Å². The first-order valence-corrected chi connectivity index (χ1v) is 11.1. The molecular formula is C25H27BrN2O3. The summed E-state index contributed by atoms with van der Waals surface area (Å²) in [6, 6.07) is 16.5. The number of nitrogens with zero attached hydrogens (tertiary/aromatic N) is 2. The normalized spacial score (nSPS) is 12.1. The van der Waals surface area contributed by atoms with Crippen LogP contribution >= 0.6 is 15.9 Å². The largest absolute Gasteiger partial charge is 0.497 e. The fourth-order valence-electron chi connectivity index (χ4n) is 3.72. The van der Waals surface area contributed by atoms with Crippen LogP contribution in [0.25, 0.3) is 0 Å². The summed E-state index contributed by atoms with van der Waals surface area (Å²) in [7, 11) is 1.62. The lowest BCUT2D eigenvalue weighted by Crippen LogP contribution is -2.37. The molecule has 162 valence electrons. The molecule has 0 bridgehead atoms. The monoisotopic (exact) mass is 482 g/mol. The van der Waals surface area contributed by atoms with E-state index in [4.69, 9.17) is 4.74 Å². The Labute approximate surface area is 191 Å². The number of aryl methyl sites for hydroxylation is 1. The Bertz CT molecular complexity index is 1120. The van der Waals surface area contributed by atoms with Crippen molar-refractivity contribution in [2.24, 2.45) is 5.92 Å². The molecule has 3 rings (SSSR count). The van der Waals surface area contributed by atoms with Crippen molar-refractivity contribution in [2.75, 3.05) is 7.11 Å². The molecule has 1 aromatic heterocycles. The maximum atomic E-state index is 13.3. The molecule has 0 aliphatic carbocycles. The Morgan fingerprint density at radius 2 is 1.81 bits per heavy atom. The van der Waals surface area contributed by atoms with Crippen molar-refractivity contribution in [2.45, 2.75) is 39.7 Å². The third-order valence-corrected chi connectivity index (χ3v) is 5.71. The molecular weight excluding hydrogens is 456 g/mol. The quantitative estimate of drug-likeness (QED) is 0.456. The van der Waals surface area contributed by atoms with Gasteiger partial charge in [0.2, 0.25) is 0 Å². The van der Waals surface area contributed by atoms with Crippen LogP contribution in [-0.2, 0) is 17.6 Å². The van der Waals surface area contributed by atoms with Crippen molar-refractivity contribution >= 4 is 21.7 Å². The molecule has 0 aliphatic rings. The van der Waals surface area contributed by atoms with Gasteiger partial charge in [-0.1, -0.05) is 54.0 Å². The van der Waals surface area contributed by atoms with Crippen LogP contribution in [0.3, 0.4) is 0 Å². The summed E-state index contributed by atoms with van der Waals surface area (Å²) in [6.45, 7) is 5.74. The lowest BCUT2D eigenvalue weighted by molar-refractivity contribution is -0.123. The maximum absolute atomic E-state index is 13.3. The number of methoxy groups -OCH3 is 1. The Kier molecular flexibility index (Phi) is 7.44. The molecule has 0 saturated carbocycles. The van der Waals surface area contributed by atoms with E-state index < -0.39 is 6.04 Å². The van der Waals surface area contributed by atoms with E-state index in [2.05, 4.69) is 21.0 Å². The van der Waals surface area contributed by atoms with Crippen molar-refractivity contribution in [3.05, 3.63) is 91.8 Å². The van der Waals surface area contributed by atoms with Crippen molar-refractivity contribution < 1.29 is 9.53 Å².